The zero-order valence-corrected chi connectivity index (χ0v) is 9.04. The van der Waals surface area contributed by atoms with Crippen LogP contribution in [0.3, 0.4) is 0 Å². The lowest BCUT2D eigenvalue weighted by molar-refractivity contribution is 0.0657. The van der Waals surface area contributed by atoms with Crippen molar-refractivity contribution < 1.29 is 14.3 Å². The van der Waals surface area contributed by atoms with E-state index in [0.29, 0.717) is 11.6 Å². The lowest BCUT2D eigenvalue weighted by Gasteiger charge is -2.18. The number of carboxylic acids is 1. The average molecular weight is 209 g/mol. The van der Waals surface area contributed by atoms with Gasteiger partial charge in [0.15, 0.2) is 0 Å². The molecule has 1 aromatic heterocycles. The van der Waals surface area contributed by atoms with Crippen LogP contribution in [-0.2, 0) is 5.41 Å². The molecule has 4 nitrogen and oxygen atoms in total. The molecule has 1 aliphatic carbocycles. The Kier molecular flexibility index (Phi) is 2.29. The summed E-state index contributed by atoms with van der Waals surface area (Å²) in [5.74, 6) is -0.458. The molecule has 1 N–H and O–H groups in total. The van der Waals surface area contributed by atoms with Gasteiger partial charge in [0.25, 0.3) is 0 Å². The van der Waals surface area contributed by atoms with Crippen molar-refractivity contribution in [3.63, 3.8) is 0 Å². The maximum absolute atomic E-state index is 10.8. The Morgan fingerprint density at radius 2 is 2.07 bits per heavy atom. The van der Waals surface area contributed by atoms with E-state index in [1.165, 1.54) is 12.8 Å². The lowest BCUT2D eigenvalue weighted by atomic mass is 9.89. The summed E-state index contributed by atoms with van der Waals surface area (Å²) in [7, 11) is 0. The number of hydrogen-bond donors (Lipinski definition) is 1. The minimum atomic E-state index is -1.03. The third-order valence-electron chi connectivity index (χ3n) is 3.21. The lowest BCUT2D eigenvalue weighted by Crippen LogP contribution is -2.17. The Morgan fingerprint density at radius 1 is 1.47 bits per heavy atom. The van der Waals surface area contributed by atoms with Gasteiger partial charge in [-0.05, 0) is 19.8 Å². The molecule has 0 aliphatic heterocycles. The van der Waals surface area contributed by atoms with E-state index in [1.54, 1.807) is 6.92 Å². The highest BCUT2D eigenvalue weighted by Crippen LogP contribution is 2.40. The minimum Gasteiger partial charge on any atom is -0.475 e. The third kappa shape index (κ3) is 1.64. The van der Waals surface area contributed by atoms with Crippen LogP contribution in [0.15, 0.2) is 4.42 Å². The van der Waals surface area contributed by atoms with Gasteiger partial charge < -0.3 is 9.52 Å². The van der Waals surface area contributed by atoms with E-state index in [9.17, 15) is 4.79 Å². The van der Waals surface area contributed by atoms with Gasteiger partial charge in [-0.2, -0.15) is 0 Å². The molecular formula is C11H15NO3. The smallest absolute Gasteiger partial charge is 0.373 e. The molecule has 1 fully saturated rings. The molecule has 0 saturated heterocycles. The number of nitrogens with zero attached hydrogens (tertiary/aromatic N) is 1. The molecule has 82 valence electrons. The zero-order valence-electron chi connectivity index (χ0n) is 9.04. The predicted molar refractivity (Wildman–Crippen MR) is 54.0 cm³/mol. The number of rotatable bonds is 2. The number of aryl methyl sites for hydroxylation is 1. The summed E-state index contributed by atoms with van der Waals surface area (Å²) in [6.45, 7) is 3.77. The number of aromatic carboxylic acids is 1. The molecule has 0 amide bonds. The maximum atomic E-state index is 10.8. The second-order valence-corrected chi connectivity index (χ2v) is 4.51. The van der Waals surface area contributed by atoms with Crippen molar-refractivity contribution in [2.24, 2.45) is 0 Å². The van der Waals surface area contributed by atoms with E-state index in [-0.39, 0.29) is 11.2 Å². The second kappa shape index (κ2) is 3.36. The van der Waals surface area contributed by atoms with Crippen LogP contribution in [0.25, 0.3) is 0 Å². The highest BCUT2D eigenvalue weighted by Gasteiger charge is 2.36. The second-order valence-electron chi connectivity index (χ2n) is 4.51. The first kappa shape index (κ1) is 10.2. The van der Waals surface area contributed by atoms with E-state index in [0.717, 1.165) is 12.8 Å². The molecule has 0 radical (unpaired) electrons. The number of oxazole rings is 1. The first-order valence-electron chi connectivity index (χ1n) is 5.24. The Balaban J connectivity index is 2.37. The monoisotopic (exact) mass is 209 g/mol. The zero-order chi connectivity index (χ0) is 11.1. The van der Waals surface area contributed by atoms with Gasteiger partial charge in [0.2, 0.25) is 11.7 Å². The molecule has 0 aromatic carbocycles. The fourth-order valence-corrected chi connectivity index (χ4v) is 2.22. The van der Waals surface area contributed by atoms with Crippen LogP contribution < -0.4 is 0 Å². The molecule has 0 spiro atoms. The number of carbonyl (C=O) groups is 1. The first-order chi connectivity index (χ1) is 7.03. The summed E-state index contributed by atoms with van der Waals surface area (Å²) < 4.78 is 5.35. The van der Waals surface area contributed by atoms with Gasteiger partial charge in [0.05, 0.1) is 5.69 Å². The highest BCUT2D eigenvalue weighted by molar-refractivity contribution is 5.85. The minimum absolute atomic E-state index is 0.0156. The quantitative estimate of drug-likeness (QED) is 0.812. The molecule has 1 saturated carbocycles. The fourth-order valence-electron chi connectivity index (χ4n) is 2.22. The highest BCUT2D eigenvalue weighted by atomic mass is 16.4. The molecule has 0 bridgehead atoms. The largest absolute Gasteiger partial charge is 0.475 e. The van der Waals surface area contributed by atoms with E-state index in [4.69, 9.17) is 9.52 Å². The number of aromatic nitrogens is 1. The summed E-state index contributed by atoms with van der Waals surface area (Å²) >= 11 is 0. The van der Waals surface area contributed by atoms with Crippen LogP contribution in [0, 0.1) is 6.92 Å². The summed E-state index contributed by atoms with van der Waals surface area (Å²) in [5, 5.41) is 8.87. The maximum Gasteiger partial charge on any atom is 0.373 e. The molecule has 0 unspecified atom stereocenters. The first-order valence-corrected chi connectivity index (χ1v) is 5.24. The van der Waals surface area contributed by atoms with Crippen molar-refractivity contribution >= 4 is 5.97 Å². The van der Waals surface area contributed by atoms with Crippen molar-refractivity contribution in [1.82, 2.24) is 4.98 Å². The van der Waals surface area contributed by atoms with Gasteiger partial charge in [-0.1, -0.05) is 19.8 Å². The molecule has 1 aromatic rings. The van der Waals surface area contributed by atoms with Crippen LogP contribution in [0.2, 0.25) is 0 Å². The summed E-state index contributed by atoms with van der Waals surface area (Å²) in [6, 6.07) is 0. The topological polar surface area (TPSA) is 63.3 Å². The molecule has 1 aliphatic rings. The summed E-state index contributed by atoms with van der Waals surface area (Å²) in [4.78, 5) is 15.1. The van der Waals surface area contributed by atoms with E-state index >= 15 is 0 Å². The van der Waals surface area contributed by atoms with Gasteiger partial charge in [-0.25, -0.2) is 9.78 Å². The summed E-state index contributed by atoms with van der Waals surface area (Å²) in [5.41, 5.74) is 0.420. The molecule has 15 heavy (non-hydrogen) atoms. The molecule has 0 atom stereocenters. The Morgan fingerprint density at radius 3 is 2.53 bits per heavy atom. The van der Waals surface area contributed by atoms with Gasteiger partial charge in [0.1, 0.15) is 0 Å². The average Bonchev–Trinajstić information content (AvgIpc) is 2.72. The van der Waals surface area contributed by atoms with Crippen LogP contribution in [0.5, 0.6) is 0 Å². The predicted octanol–water partition coefficient (Wildman–Crippen LogP) is 2.51. The molecule has 2 rings (SSSR count). The summed E-state index contributed by atoms with van der Waals surface area (Å²) in [6.07, 6.45) is 4.40. The number of hydrogen-bond acceptors (Lipinski definition) is 3. The Labute approximate surface area is 88.3 Å². The van der Waals surface area contributed by atoms with Crippen molar-refractivity contribution in [3.8, 4) is 0 Å². The van der Waals surface area contributed by atoms with Crippen molar-refractivity contribution in [3.05, 3.63) is 17.3 Å². The SMILES string of the molecule is Cc1nc(C2(C)CCCC2)oc1C(=O)O. The molecule has 4 heteroatoms. The van der Waals surface area contributed by atoms with Crippen molar-refractivity contribution in [2.75, 3.05) is 0 Å². The van der Waals surface area contributed by atoms with E-state index in [2.05, 4.69) is 11.9 Å². The van der Waals surface area contributed by atoms with E-state index < -0.39 is 5.97 Å². The van der Waals surface area contributed by atoms with E-state index in [1.807, 2.05) is 0 Å². The Bertz CT molecular complexity index is 389. The fraction of sp³-hybridized carbons (Fsp3) is 0.636. The molecular weight excluding hydrogens is 194 g/mol. The standard InChI is InChI=1S/C11H15NO3/c1-7-8(9(13)14)15-10(12-7)11(2)5-3-4-6-11/h3-6H2,1-2H3,(H,13,14). The normalized spacial score (nSPS) is 19.3. The van der Waals surface area contributed by atoms with Crippen LogP contribution in [0.4, 0.5) is 0 Å². The van der Waals surface area contributed by atoms with Crippen LogP contribution in [0.1, 0.15) is 54.7 Å². The van der Waals surface area contributed by atoms with Crippen LogP contribution >= 0.6 is 0 Å². The van der Waals surface area contributed by atoms with Gasteiger partial charge in [-0.15, -0.1) is 0 Å². The molecule has 1 heterocycles. The Hall–Kier alpha value is -1.32. The van der Waals surface area contributed by atoms with Crippen molar-refractivity contribution in [1.29, 1.82) is 0 Å². The number of carboxylic acid groups (broad SMARTS) is 1. The van der Waals surface area contributed by atoms with Crippen molar-refractivity contribution in [2.45, 2.75) is 44.9 Å². The van der Waals surface area contributed by atoms with Gasteiger partial charge >= 0.3 is 5.97 Å². The third-order valence-corrected chi connectivity index (χ3v) is 3.21. The van der Waals surface area contributed by atoms with Gasteiger partial charge in [0, 0.05) is 5.41 Å². The van der Waals surface area contributed by atoms with Crippen LogP contribution in [-0.4, -0.2) is 16.1 Å². The van der Waals surface area contributed by atoms with Gasteiger partial charge in [-0.3, -0.25) is 0 Å².